The highest BCUT2D eigenvalue weighted by Gasteiger charge is 2.17. The van der Waals surface area contributed by atoms with E-state index >= 15 is 0 Å². The second kappa shape index (κ2) is 8.92. The summed E-state index contributed by atoms with van der Waals surface area (Å²) in [5.74, 6) is -0.394. The Morgan fingerprint density at radius 3 is 2.31 bits per heavy atom. The topological polar surface area (TPSA) is 76.0 Å². The van der Waals surface area contributed by atoms with E-state index < -0.39 is 0 Å². The summed E-state index contributed by atoms with van der Waals surface area (Å²) in [5, 5.41) is 10.7. The predicted molar refractivity (Wildman–Crippen MR) is 116 cm³/mol. The van der Waals surface area contributed by atoms with E-state index in [1.54, 1.807) is 47.3 Å². The van der Waals surface area contributed by atoms with Crippen LogP contribution in [0.2, 0.25) is 5.02 Å². The number of anilines is 2. The largest absolute Gasteiger partial charge is 0.326 e. The number of benzene rings is 2. The molecule has 0 saturated heterocycles. The highest BCUT2D eigenvalue weighted by atomic mass is 35.5. The van der Waals surface area contributed by atoms with Crippen molar-refractivity contribution in [2.24, 2.45) is 5.92 Å². The summed E-state index contributed by atoms with van der Waals surface area (Å²) >= 11 is 6.08. The maximum absolute atomic E-state index is 12.8. The molecular formula is C22H23ClN4O2. The predicted octanol–water partition coefficient (Wildman–Crippen LogP) is 4.93. The minimum absolute atomic E-state index is 0.0530. The van der Waals surface area contributed by atoms with Crippen molar-refractivity contribution in [3.8, 4) is 5.69 Å². The molecule has 0 saturated carbocycles. The van der Waals surface area contributed by atoms with Gasteiger partial charge in [-0.3, -0.25) is 9.59 Å². The minimum atomic E-state index is -0.242. The average molecular weight is 411 g/mol. The number of aromatic nitrogens is 2. The lowest BCUT2D eigenvalue weighted by molar-refractivity contribution is -0.118. The molecule has 0 radical (unpaired) electrons. The molecule has 2 N–H and O–H groups in total. The molecule has 1 aromatic heterocycles. The third-order valence-electron chi connectivity index (χ3n) is 4.44. The molecule has 0 fully saturated rings. The van der Waals surface area contributed by atoms with E-state index in [4.69, 9.17) is 11.6 Å². The number of amides is 2. The number of rotatable bonds is 6. The number of carbonyl (C=O) groups excluding carboxylic acids is 2. The molecule has 0 aliphatic carbocycles. The van der Waals surface area contributed by atoms with Gasteiger partial charge in [0.05, 0.1) is 23.1 Å². The monoisotopic (exact) mass is 410 g/mol. The van der Waals surface area contributed by atoms with Crippen molar-refractivity contribution >= 4 is 34.8 Å². The third-order valence-corrected chi connectivity index (χ3v) is 4.67. The number of hydrogen-bond acceptors (Lipinski definition) is 3. The molecule has 6 nitrogen and oxygen atoms in total. The van der Waals surface area contributed by atoms with Crippen molar-refractivity contribution in [1.82, 2.24) is 9.78 Å². The average Bonchev–Trinajstić information content (AvgIpc) is 3.13. The van der Waals surface area contributed by atoms with Crippen molar-refractivity contribution in [3.05, 3.63) is 71.0 Å². The molecule has 3 aromatic rings. The number of carbonyl (C=O) groups is 2. The molecule has 0 aliphatic rings. The Balaban J connectivity index is 1.77. The smallest absolute Gasteiger partial charge is 0.259 e. The van der Waals surface area contributed by atoms with Gasteiger partial charge in [-0.15, -0.1) is 0 Å². The highest BCUT2D eigenvalue weighted by Crippen LogP contribution is 2.21. The number of halogens is 1. The maximum atomic E-state index is 12.8. The summed E-state index contributed by atoms with van der Waals surface area (Å²) < 4.78 is 1.73. The number of hydrogen-bond donors (Lipinski definition) is 2. The van der Waals surface area contributed by atoms with Crippen LogP contribution in [0, 0.1) is 5.92 Å². The summed E-state index contributed by atoms with van der Waals surface area (Å²) in [6.07, 6.45) is 2.20. The molecule has 3 rings (SSSR count). The van der Waals surface area contributed by atoms with Gasteiger partial charge in [0.15, 0.2) is 0 Å². The minimum Gasteiger partial charge on any atom is -0.326 e. The lowest BCUT2D eigenvalue weighted by Gasteiger charge is -2.10. The van der Waals surface area contributed by atoms with E-state index in [0.717, 1.165) is 11.4 Å². The Hall–Kier alpha value is -3.12. The normalized spacial score (nSPS) is 10.8. The standard InChI is InChI=1S/C22H23ClN4O2/c1-4-20-19(13-24-27(20)18-7-5-6-15(23)12-18)22(29)26-17-10-8-16(9-11-17)25-21(28)14(2)3/h5-14H,4H2,1-3H3,(H,25,28)(H,26,29). The fourth-order valence-corrected chi connectivity index (χ4v) is 3.04. The molecule has 2 aromatic carbocycles. The second-order valence-electron chi connectivity index (χ2n) is 6.93. The van der Waals surface area contributed by atoms with E-state index in [0.29, 0.717) is 28.4 Å². The molecule has 2 amide bonds. The quantitative estimate of drug-likeness (QED) is 0.604. The first kappa shape index (κ1) is 20.6. The molecule has 29 heavy (non-hydrogen) atoms. The highest BCUT2D eigenvalue weighted by molar-refractivity contribution is 6.30. The Morgan fingerprint density at radius 2 is 1.72 bits per heavy atom. The van der Waals surface area contributed by atoms with Crippen LogP contribution < -0.4 is 10.6 Å². The molecule has 150 valence electrons. The van der Waals surface area contributed by atoms with Crippen LogP contribution in [-0.4, -0.2) is 21.6 Å². The van der Waals surface area contributed by atoms with Gasteiger partial charge in [-0.2, -0.15) is 5.10 Å². The summed E-state index contributed by atoms with van der Waals surface area (Å²) in [6.45, 7) is 5.64. The molecule has 1 heterocycles. The van der Waals surface area contributed by atoms with Crippen molar-refractivity contribution in [2.75, 3.05) is 10.6 Å². The van der Waals surface area contributed by atoms with Gasteiger partial charge in [0.2, 0.25) is 5.91 Å². The third kappa shape index (κ3) is 4.84. The van der Waals surface area contributed by atoms with Crippen LogP contribution in [0.15, 0.2) is 54.7 Å². The number of nitrogens with one attached hydrogen (secondary N) is 2. The lowest BCUT2D eigenvalue weighted by atomic mass is 10.1. The molecule has 0 atom stereocenters. The van der Waals surface area contributed by atoms with E-state index in [1.165, 1.54) is 0 Å². The summed E-state index contributed by atoms with van der Waals surface area (Å²) in [5.41, 5.74) is 3.42. The Morgan fingerprint density at radius 1 is 1.07 bits per heavy atom. The fraction of sp³-hybridized carbons (Fsp3) is 0.227. The van der Waals surface area contributed by atoms with Crippen LogP contribution in [-0.2, 0) is 11.2 Å². The molecule has 0 aliphatic heterocycles. The van der Waals surface area contributed by atoms with Crippen LogP contribution in [0.3, 0.4) is 0 Å². The first-order valence-electron chi connectivity index (χ1n) is 9.44. The van der Waals surface area contributed by atoms with Gasteiger partial charge in [0.1, 0.15) is 0 Å². The van der Waals surface area contributed by atoms with E-state index in [1.807, 2.05) is 32.9 Å². The first-order chi connectivity index (χ1) is 13.9. The van der Waals surface area contributed by atoms with Gasteiger partial charge >= 0.3 is 0 Å². The second-order valence-corrected chi connectivity index (χ2v) is 7.36. The zero-order valence-electron chi connectivity index (χ0n) is 16.6. The number of nitrogens with zero attached hydrogens (tertiary/aromatic N) is 2. The Bertz CT molecular complexity index is 1030. The maximum Gasteiger partial charge on any atom is 0.259 e. The van der Waals surface area contributed by atoms with Crippen LogP contribution >= 0.6 is 11.6 Å². The van der Waals surface area contributed by atoms with Gasteiger partial charge in [-0.1, -0.05) is 38.4 Å². The van der Waals surface area contributed by atoms with Crippen LogP contribution in [0.4, 0.5) is 11.4 Å². The Labute approximate surface area is 174 Å². The molecular weight excluding hydrogens is 388 g/mol. The SMILES string of the molecule is CCc1c(C(=O)Nc2ccc(NC(=O)C(C)C)cc2)cnn1-c1cccc(Cl)c1. The van der Waals surface area contributed by atoms with Crippen molar-refractivity contribution in [3.63, 3.8) is 0 Å². The summed E-state index contributed by atoms with van der Waals surface area (Å²) in [7, 11) is 0. The molecule has 0 bridgehead atoms. The van der Waals surface area contributed by atoms with Gasteiger partial charge in [0.25, 0.3) is 5.91 Å². The van der Waals surface area contributed by atoms with Crippen LogP contribution in [0.1, 0.15) is 36.8 Å². The van der Waals surface area contributed by atoms with Gasteiger partial charge in [0, 0.05) is 22.3 Å². The van der Waals surface area contributed by atoms with Gasteiger partial charge in [-0.25, -0.2) is 4.68 Å². The fourth-order valence-electron chi connectivity index (χ4n) is 2.86. The van der Waals surface area contributed by atoms with Gasteiger partial charge in [-0.05, 0) is 48.9 Å². The Kier molecular flexibility index (Phi) is 6.34. The van der Waals surface area contributed by atoms with E-state index in [-0.39, 0.29) is 17.7 Å². The van der Waals surface area contributed by atoms with Gasteiger partial charge < -0.3 is 10.6 Å². The zero-order valence-corrected chi connectivity index (χ0v) is 17.3. The summed E-state index contributed by atoms with van der Waals surface area (Å²) in [4.78, 5) is 24.6. The van der Waals surface area contributed by atoms with E-state index in [9.17, 15) is 9.59 Å². The molecule has 7 heteroatoms. The molecule has 0 unspecified atom stereocenters. The lowest BCUT2D eigenvalue weighted by Crippen LogP contribution is -2.18. The van der Waals surface area contributed by atoms with Crippen molar-refractivity contribution in [1.29, 1.82) is 0 Å². The van der Waals surface area contributed by atoms with E-state index in [2.05, 4.69) is 15.7 Å². The van der Waals surface area contributed by atoms with Crippen molar-refractivity contribution in [2.45, 2.75) is 27.2 Å². The van der Waals surface area contributed by atoms with Crippen LogP contribution in [0.5, 0.6) is 0 Å². The first-order valence-corrected chi connectivity index (χ1v) is 9.82. The van der Waals surface area contributed by atoms with Crippen LogP contribution in [0.25, 0.3) is 5.69 Å². The summed E-state index contributed by atoms with van der Waals surface area (Å²) in [6, 6.07) is 14.3. The zero-order chi connectivity index (χ0) is 21.0. The molecule has 0 spiro atoms. The van der Waals surface area contributed by atoms with Crippen molar-refractivity contribution < 1.29 is 9.59 Å².